The number of nitro benzene ring substituents is 1. The van der Waals surface area contributed by atoms with Crippen LogP contribution in [-0.2, 0) is 14.3 Å². The van der Waals surface area contributed by atoms with Crippen LogP contribution < -0.4 is 10.1 Å². The molecule has 2 aromatic carbocycles. The third kappa shape index (κ3) is 6.43. The number of nitro groups is 1. The van der Waals surface area contributed by atoms with Crippen LogP contribution in [0.1, 0.15) is 23.2 Å². The van der Waals surface area contributed by atoms with Crippen LogP contribution >= 0.6 is 23.2 Å². The summed E-state index contributed by atoms with van der Waals surface area (Å²) in [6.45, 7) is -0.525. The van der Waals surface area contributed by atoms with Crippen LogP contribution in [0.2, 0.25) is 10.0 Å². The first-order valence-electron chi connectivity index (χ1n) is 8.47. The Kier molecular flexibility index (Phi) is 8.14. The third-order valence-corrected chi connectivity index (χ3v) is 4.58. The van der Waals surface area contributed by atoms with Crippen molar-refractivity contribution in [1.82, 2.24) is 0 Å². The largest absolute Gasteiger partial charge is 0.496 e. The molecule has 2 rings (SSSR count). The van der Waals surface area contributed by atoms with E-state index in [1.165, 1.54) is 43.5 Å². The predicted molar refractivity (Wildman–Crippen MR) is 109 cm³/mol. The lowest BCUT2D eigenvalue weighted by molar-refractivity contribution is -0.384. The third-order valence-electron chi connectivity index (χ3n) is 3.84. The van der Waals surface area contributed by atoms with Crippen molar-refractivity contribution in [1.29, 1.82) is 0 Å². The van der Waals surface area contributed by atoms with E-state index in [9.17, 15) is 24.5 Å². The molecule has 0 aliphatic carbocycles. The molecule has 0 radical (unpaired) electrons. The molecule has 30 heavy (non-hydrogen) atoms. The van der Waals surface area contributed by atoms with Crippen molar-refractivity contribution < 1.29 is 28.8 Å². The highest BCUT2D eigenvalue weighted by Gasteiger charge is 2.18. The van der Waals surface area contributed by atoms with Crippen LogP contribution in [0.4, 0.5) is 11.4 Å². The van der Waals surface area contributed by atoms with Crippen LogP contribution in [0.25, 0.3) is 0 Å². The van der Waals surface area contributed by atoms with Crippen molar-refractivity contribution in [3.05, 3.63) is 62.1 Å². The lowest BCUT2D eigenvalue weighted by Gasteiger charge is -2.08. The van der Waals surface area contributed by atoms with Crippen LogP contribution in [0.15, 0.2) is 36.4 Å². The fraction of sp³-hybridized carbons (Fsp3) is 0.211. The number of nitrogens with one attached hydrogen (secondary N) is 1. The Morgan fingerprint density at radius 3 is 2.43 bits per heavy atom. The lowest BCUT2D eigenvalue weighted by Crippen LogP contribution is -2.18. The van der Waals surface area contributed by atoms with E-state index < -0.39 is 29.2 Å². The molecule has 1 N–H and O–H groups in total. The molecule has 11 heteroatoms. The summed E-state index contributed by atoms with van der Waals surface area (Å²) in [7, 11) is 1.36. The van der Waals surface area contributed by atoms with E-state index in [0.717, 1.165) is 0 Å². The first-order valence-corrected chi connectivity index (χ1v) is 9.23. The number of rotatable bonds is 9. The number of esters is 1. The molecule has 9 nitrogen and oxygen atoms in total. The van der Waals surface area contributed by atoms with Crippen LogP contribution in [0, 0.1) is 10.1 Å². The average Bonchev–Trinajstić information content (AvgIpc) is 2.72. The summed E-state index contributed by atoms with van der Waals surface area (Å²) in [6.07, 6.45) is -0.604. The second-order valence-corrected chi connectivity index (χ2v) is 6.72. The van der Waals surface area contributed by atoms with Crippen LogP contribution in [0.3, 0.4) is 0 Å². The quantitative estimate of drug-likeness (QED) is 0.262. The minimum Gasteiger partial charge on any atom is -0.496 e. The molecular formula is C19H16Cl2N2O7. The maximum Gasteiger partial charge on any atom is 0.306 e. The van der Waals surface area contributed by atoms with Gasteiger partial charge >= 0.3 is 5.97 Å². The molecule has 0 aliphatic heterocycles. The summed E-state index contributed by atoms with van der Waals surface area (Å²) in [5.41, 5.74) is -0.159. The number of nitrogens with zero attached hydrogens (tertiary/aromatic N) is 1. The zero-order valence-electron chi connectivity index (χ0n) is 15.6. The maximum absolute atomic E-state index is 12.0. The summed E-state index contributed by atoms with van der Waals surface area (Å²) < 4.78 is 9.77. The van der Waals surface area contributed by atoms with Crippen molar-refractivity contribution in [3.63, 3.8) is 0 Å². The molecule has 0 bridgehead atoms. The molecule has 0 aliphatic rings. The lowest BCUT2D eigenvalue weighted by atomic mass is 10.1. The molecule has 0 atom stereocenters. The van der Waals surface area contributed by atoms with Gasteiger partial charge in [0.05, 0.1) is 34.6 Å². The van der Waals surface area contributed by atoms with E-state index in [0.29, 0.717) is 0 Å². The Balaban J connectivity index is 1.84. The number of ether oxygens (including phenoxy) is 2. The van der Waals surface area contributed by atoms with E-state index in [-0.39, 0.29) is 45.6 Å². The van der Waals surface area contributed by atoms with Crippen molar-refractivity contribution in [2.45, 2.75) is 12.8 Å². The second kappa shape index (κ2) is 10.6. The number of benzene rings is 2. The Labute approximate surface area is 181 Å². The molecule has 0 heterocycles. The van der Waals surface area contributed by atoms with Crippen molar-refractivity contribution in [2.75, 3.05) is 19.0 Å². The summed E-state index contributed by atoms with van der Waals surface area (Å²) in [4.78, 5) is 46.3. The minimum atomic E-state index is -0.775. The number of halogens is 2. The first kappa shape index (κ1) is 23.1. The molecule has 0 aromatic heterocycles. The van der Waals surface area contributed by atoms with E-state index in [2.05, 4.69) is 5.32 Å². The van der Waals surface area contributed by atoms with Crippen molar-refractivity contribution in [2.24, 2.45) is 0 Å². The van der Waals surface area contributed by atoms with Gasteiger partial charge in [-0.05, 0) is 30.3 Å². The monoisotopic (exact) mass is 454 g/mol. The average molecular weight is 455 g/mol. The zero-order chi connectivity index (χ0) is 22.3. The highest BCUT2D eigenvalue weighted by molar-refractivity contribution is 6.42. The molecule has 0 spiro atoms. The highest BCUT2D eigenvalue weighted by atomic mass is 35.5. The summed E-state index contributed by atoms with van der Waals surface area (Å²) >= 11 is 11.6. The maximum atomic E-state index is 12.0. The number of amides is 1. The Morgan fingerprint density at radius 2 is 1.80 bits per heavy atom. The number of methoxy groups -OCH3 is 1. The summed E-state index contributed by atoms with van der Waals surface area (Å²) in [5, 5.41) is 14.0. The number of carbonyl (C=O) groups is 3. The Bertz CT molecular complexity index is 995. The van der Waals surface area contributed by atoms with E-state index in [1.54, 1.807) is 0 Å². The number of hydrogen-bond acceptors (Lipinski definition) is 7. The van der Waals surface area contributed by atoms with E-state index in [1.807, 2.05) is 0 Å². The van der Waals surface area contributed by atoms with E-state index >= 15 is 0 Å². The molecule has 158 valence electrons. The molecule has 0 fully saturated rings. The molecular weight excluding hydrogens is 439 g/mol. The van der Waals surface area contributed by atoms with Crippen LogP contribution in [-0.4, -0.2) is 36.3 Å². The van der Waals surface area contributed by atoms with Gasteiger partial charge in [-0.1, -0.05) is 23.2 Å². The second-order valence-electron chi connectivity index (χ2n) is 5.90. The SMILES string of the molecule is COc1ccc(NC(=O)CCC(=O)OCC(=O)c2ccc(Cl)c(Cl)c2)c([N+](=O)[O-])c1. The fourth-order valence-corrected chi connectivity index (χ4v) is 2.59. The summed E-state index contributed by atoms with van der Waals surface area (Å²) in [6, 6.07) is 8.18. The van der Waals surface area contributed by atoms with Crippen molar-refractivity contribution >= 4 is 52.2 Å². The summed E-state index contributed by atoms with van der Waals surface area (Å²) in [5.74, 6) is -1.63. The molecule has 2 aromatic rings. The van der Waals surface area contributed by atoms with Gasteiger partial charge in [0.2, 0.25) is 5.91 Å². The zero-order valence-corrected chi connectivity index (χ0v) is 17.2. The molecule has 1 amide bonds. The molecule has 0 saturated carbocycles. The standard InChI is InChI=1S/C19H16Cl2N2O7/c1-29-12-3-5-15(16(9-12)23(27)28)22-18(25)6-7-19(26)30-10-17(24)11-2-4-13(20)14(21)8-11/h2-5,8-9H,6-7,10H2,1H3,(H,22,25). The van der Waals surface area contributed by atoms with Gasteiger partial charge in [-0.15, -0.1) is 0 Å². The van der Waals surface area contributed by atoms with Gasteiger partial charge in [0.15, 0.2) is 12.4 Å². The van der Waals surface area contributed by atoms with Gasteiger partial charge < -0.3 is 14.8 Å². The smallest absolute Gasteiger partial charge is 0.306 e. The van der Waals surface area contributed by atoms with Gasteiger partial charge in [0.25, 0.3) is 5.69 Å². The first-order chi connectivity index (χ1) is 14.2. The number of ketones is 1. The van der Waals surface area contributed by atoms with Crippen LogP contribution in [0.5, 0.6) is 5.75 Å². The highest BCUT2D eigenvalue weighted by Crippen LogP contribution is 2.29. The van der Waals surface area contributed by atoms with Gasteiger partial charge in [0.1, 0.15) is 11.4 Å². The van der Waals surface area contributed by atoms with Crippen molar-refractivity contribution in [3.8, 4) is 5.75 Å². The van der Waals surface area contributed by atoms with Gasteiger partial charge in [-0.25, -0.2) is 0 Å². The van der Waals surface area contributed by atoms with Gasteiger partial charge in [-0.2, -0.15) is 0 Å². The normalized spacial score (nSPS) is 10.2. The molecule has 0 saturated heterocycles. The Morgan fingerprint density at radius 1 is 1.07 bits per heavy atom. The minimum absolute atomic E-state index is 0.0334. The van der Waals surface area contributed by atoms with Gasteiger partial charge in [0, 0.05) is 12.0 Å². The predicted octanol–water partition coefficient (Wildman–Crippen LogP) is 4.06. The number of anilines is 1. The van der Waals surface area contributed by atoms with Gasteiger partial charge in [-0.3, -0.25) is 24.5 Å². The number of carbonyl (C=O) groups excluding carboxylic acids is 3. The van der Waals surface area contributed by atoms with E-state index in [4.69, 9.17) is 32.7 Å². The topological polar surface area (TPSA) is 125 Å². The molecule has 0 unspecified atom stereocenters. The Hall–Kier alpha value is -3.17. The number of hydrogen-bond donors (Lipinski definition) is 1. The fourth-order valence-electron chi connectivity index (χ4n) is 2.29. The number of Topliss-reactive ketones (excluding diaryl/α,β-unsaturated/α-hetero) is 1.